The first kappa shape index (κ1) is 21.9. The van der Waals surface area contributed by atoms with Gasteiger partial charge in [0.25, 0.3) is 5.91 Å². The summed E-state index contributed by atoms with van der Waals surface area (Å²) in [4.78, 5) is 17.1. The number of carbonyl (C=O) groups is 1. The second-order valence-corrected chi connectivity index (χ2v) is 10.7. The van der Waals surface area contributed by atoms with Gasteiger partial charge in [-0.25, -0.2) is 13.4 Å². The Morgan fingerprint density at radius 3 is 2.31 bits per heavy atom. The van der Waals surface area contributed by atoms with Gasteiger partial charge in [0.05, 0.1) is 10.6 Å². The van der Waals surface area contributed by atoms with Crippen molar-refractivity contribution in [3.8, 4) is 11.3 Å². The van der Waals surface area contributed by atoms with E-state index in [1.54, 1.807) is 13.8 Å². The summed E-state index contributed by atoms with van der Waals surface area (Å²) in [5.74, 6) is -0.338. The van der Waals surface area contributed by atoms with Crippen LogP contribution in [0.15, 0.2) is 58.8 Å². The van der Waals surface area contributed by atoms with E-state index in [9.17, 15) is 13.2 Å². The normalized spacial score (nSPS) is 11.8. The average molecular weight is 541 g/mol. The molecule has 0 spiro atoms. The topological polar surface area (TPSA) is 79.4 Å². The lowest BCUT2D eigenvalue weighted by Crippen LogP contribution is -2.33. The summed E-state index contributed by atoms with van der Waals surface area (Å²) in [5, 5.41) is 5.14. The Morgan fingerprint density at radius 2 is 1.72 bits per heavy atom. The van der Waals surface area contributed by atoms with Crippen molar-refractivity contribution in [3.63, 3.8) is 0 Å². The number of hydrogen-bond donors (Lipinski definition) is 1. The number of carbonyl (C=O) groups excluding carboxylic acids is 1. The monoisotopic (exact) mass is 541 g/mol. The highest BCUT2D eigenvalue weighted by molar-refractivity contribution is 14.1. The van der Waals surface area contributed by atoms with E-state index in [2.05, 4.69) is 32.9 Å². The molecular formula is C20H20IN3O3S2. The van der Waals surface area contributed by atoms with Gasteiger partial charge in [0.2, 0.25) is 10.0 Å². The van der Waals surface area contributed by atoms with Gasteiger partial charge in [0.15, 0.2) is 5.13 Å². The number of benzene rings is 2. The number of anilines is 1. The van der Waals surface area contributed by atoms with Gasteiger partial charge < -0.3 is 0 Å². The van der Waals surface area contributed by atoms with Crippen molar-refractivity contribution in [2.75, 3.05) is 12.4 Å². The molecule has 0 bridgehead atoms. The number of thiazole rings is 1. The first-order valence-electron chi connectivity index (χ1n) is 8.79. The van der Waals surface area contributed by atoms with E-state index in [0.717, 1.165) is 14.8 Å². The van der Waals surface area contributed by atoms with Crippen molar-refractivity contribution >= 4 is 55.0 Å². The van der Waals surface area contributed by atoms with Crippen LogP contribution in [0.3, 0.4) is 0 Å². The highest BCUT2D eigenvalue weighted by Gasteiger charge is 2.23. The minimum absolute atomic E-state index is 0.153. The summed E-state index contributed by atoms with van der Waals surface area (Å²) in [6, 6.07) is 13.7. The van der Waals surface area contributed by atoms with Crippen molar-refractivity contribution in [1.82, 2.24) is 9.29 Å². The third-order valence-corrected chi connectivity index (χ3v) is 7.91. The van der Waals surface area contributed by atoms with Gasteiger partial charge in [-0.15, -0.1) is 11.3 Å². The van der Waals surface area contributed by atoms with Crippen LogP contribution in [0.4, 0.5) is 5.13 Å². The van der Waals surface area contributed by atoms with E-state index in [1.165, 1.54) is 47.0 Å². The fraction of sp³-hybridized carbons (Fsp3) is 0.200. The number of aromatic nitrogens is 1. The molecule has 0 aliphatic rings. The molecule has 6 nitrogen and oxygen atoms in total. The van der Waals surface area contributed by atoms with Crippen LogP contribution in [0.5, 0.6) is 0 Å². The molecule has 3 rings (SSSR count). The molecule has 0 aliphatic heterocycles. The number of nitrogens with zero attached hydrogens (tertiary/aromatic N) is 2. The lowest BCUT2D eigenvalue weighted by Gasteiger charge is -2.20. The Labute approximate surface area is 188 Å². The third kappa shape index (κ3) is 5.03. The smallest absolute Gasteiger partial charge is 0.257 e. The second kappa shape index (κ2) is 8.90. The summed E-state index contributed by atoms with van der Waals surface area (Å²) >= 11 is 3.58. The van der Waals surface area contributed by atoms with E-state index in [1.807, 2.05) is 29.6 Å². The number of amides is 1. The van der Waals surface area contributed by atoms with Crippen molar-refractivity contribution in [3.05, 3.63) is 63.0 Å². The van der Waals surface area contributed by atoms with Crippen LogP contribution in [0.1, 0.15) is 24.2 Å². The molecule has 1 N–H and O–H groups in total. The molecule has 0 aliphatic carbocycles. The van der Waals surface area contributed by atoms with E-state index in [0.29, 0.717) is 10.7 Å². The molecule has 9 heteroatoms. The predicted octanol–water partition coefficient (Wildman–Crippen LogP) is 4.70. The van der Waals surface area contributed by atoms with Crippen molar-refractivity contribution < 1.29 is 13.2 Å². The second-order valence-electron chi connectivity index (χ2n) is 6.64. The molecule has 1 aromatic heterocycles. The summed E-state index contributed by atoms with van der Waals surface area (Å²) < 4.78 is 27.5. The molecule has 0 fully saturated rings. The van der Waals surface area contributed by atoms with E-state index in [-0.39, 0.29) is 16.8 Å². The van der Waals surface area contributed by atoms with E-state index >= 15 is 0 Å². The molecule has 1 heterocycles. The molecule has 29 heavy (non-hydrogen) atoms. The van der Waals surface area contributed by atoms with Crippen LogP contribution in [0, 0.1) is 3.57 Å². The lowest BCUT2D eigenvalue weighted by atomic mass is 10.2. The van der Waals surface area contributed by atoms with Crippen LogP contribution in [0.25, 0.3) is 11.3 Å². The maximum absolute atomic E-state index is 12.5. The summed E-state index contributed by atoms with van der Waals surface area (Å²) in [6.07, 6.45) is 0. The molecule has 0 unspecified atom stereocenters. The molecule has 1 amide bonds. The zero-order valence-electron chi connectivity index (χ0n) is 16.1. The summed E-state index contributed by atoms with van der Waals surface area (Å²) in [6.45, 7) is 3.61. The Morgan fingerprint density at radius 1 is 1.10 bits per heavy atom. The molecule has 0 radical (unpaired) electrons. The van der Waals surface area contributed by atoms with Gasteiger partial charge in [-0.05, 0) is 72.8 Å². The van der Waals surface area contributed by atoms with Crippen LogP contribution in [0.2, 0.25) is 0 Å². The van der Waals surface area contributed by atoms with E-state index in [4.69, 9.17) is 0 Å². The quantitative estimate of drug-likeness (QED) is 0.459. The van der Waals surface area contributed by atoms with Crippen LogP contribution in [-0.2, 0) is 10.0 Å². The number of sulfonamides is 1. The number of halogens is 1. The molecule has 0 saturated carbocycles. The fourth-order valence-corrected chi connectivity index (χ4v) is 4.92. The first-order chi connectivity index (χ1) is 13.7. The zero-order valence-corrected chi connectivity index (χ0v) is 19.9. The average Bonchev–Trinajstić information content (AvgIpc) is 3.16. The maximum Gasteiger partial charge on any atom is 0.257 e. The van der Waals surface area contributed by atoms with Crippen molar-refractivity contribution in [1.29, 1.82) is 0 Å². The zero-order chi connectivity index (χ0) is 21.2. The Kier molecular flexibility index (Phi) is 6.72. The standard InChI is InChI=1S/C20H20IN3O3S2/c1-13(2)24(3)29(26,27)17-10-6-15(7-11-17)19(25)23-20-22-18(12-28-20)14-4-8-16(21)9-5-14/h4-13H,1-3H3,(H,22,23,25). The molecular weight excluding hydrogens is 521 g/mol. The Balaban J connectivity index is 1.73. The molecule has 0 saturated heterocycles. The number of rotatable bonds is 6. The molecule has 2 aromatic carbocycles. The van der Waals surface area contributed by atoms with Gasteiger partial charge in [0, 0.05) is 33.2 Å². The minimum atomic E-state index is -3.58. The molecule has 152 valence electrons. The lowest BCUT2D eigenvalue weighted by molar-refractivity contribution is 0.102. The molecule has 0 atom stereocenters. The van der Waals surface area contributed by atoms with Crippen LogP contribution >= 0.6 is 33.9 Å². The van der Waals surface area contributed by atoms with E-state index < -0.39 is 10.0 Å². The summed E-state index contributed by atoms with van der Waals surface area (Å²) in [7, 11) is -2.04. The Hall–Kier alpha value is -1.82. The van der Waals surface area contributed by atoms with Gasteiger partial charge >= 0.3 is 0 Å². The largest absolute Gasteiger partial charge is 0.298 e. The maximum atomic E-state index is 12.5. The number of nitrogens with one attached hydrogen (secondary N) is 1. The molecule has 3 aromatic rings. The van der Waals surface area contributed by atoms with Crippen LogP contribution < -0.4 is 5.32 Å². The summed E-state index contributed by atoms with van der Waals surface area (Å²) in [5.41, 5.74) is 2.13. The SMILES string of the molecule is CC(C)N(C)S(=O)(=O)c1ccc(C(=O)Nc2nc(-c3ccc(I)cc3)cs2)cc1. The van der Waals surface area contributed by atoms with Crippen molar-refractivity contribution in [2.24, 2.45) is 0 Å². The minimum Gasteiger partial charge on any atom is -0.298 e. The first-order valence-corrected chi connectivity index (χ1v) is 12.2. The number of hydrogen-bond acceptors (Lipinski definition) is 5. The van der Waals surface area contributed by atoms with Gasteiger partial charge in [-0.2, -0.15) is 4.31 Å². The predicted molar refractivity (Wildman–Crippen MR) is 125 cm³/mol. The van der Waals surface area contributed by atoms with Crippen molar-refractivity contribution in [2.45, 2.75) is 24.8 Å². The Bertz CT molecular complexity index is 1110. The highest BCUT2D eigenvalue weighted by Crippen LogP contribution is 2.26. The van der Waals surface area contributed by atoms with Crippen LogP contribution in [-0.4, -0.2) is 36.7 Å². The van der Waals surface area contributed by atoms with Gasteiger partial charge in [0.1, 0.15) is 0 Å². The highest BCUT2D eigenvalue weighted by atomic mass is 127. The van der Waals surface area contributed by atoms with Gasteiger partial charge in [-0.1, -0.05) is 12.1 Å². The third-order valence-electron chi connectivity index (χ3n) is 4.39. The van der Waals surface area contributed by atoms with Gasteiger partial charge in [-0.3, -0.25) is 10.1 Å². The fourth-order valence-electron chi connectivity index (χ4n) is 2.48.